The van der Waals surface area contributed by atoms with Crippen molar-refractivity contribution < 1.29 is 18.3 Å². The Bertz CT molecular complexity index is 2260. The molecule has 1 unspecified atom stereocenters. The number of nitrogens with one attached hydrogen (secondary N) is 2. The van der Waals surface area contributed by atoms with Crippen molar-refractivity contribution in [2.45, 2.75) is 44.2 Å². The highest BCUT2D eigenvalue weighted by Gasteiger charge is 2.31. The number of aromatic nitrogens is 5. The zero-order chi connectivity index (χ0) is 35.3. The standard InChI is InChI=1S/C35H33Cl2F2N7O4/c1-45-32-26(34(47)46(2)35(45)48)30(43-31(44-32)29(38)39)41-23-9-5-7-20(28(23)37)19-6-4-8-21(27(19)36)24-16-17-10-11-22(25(17)33(42-24)49-3)40-18-12-14-50-15-13-18/h4-9,16,18,22,29,40H,10-15H2,1-3H3,(H,41,43,44). The molecule has 2 aromatic carbocycles. The van der Waals surface area contributed by atoms with Crippen molar-refractivity contribution in [2.24, 2.45) is 14.1 Å². The lowest BCUT2D eigenvalue weighted by Gasteiger charge is -2.27. The molecule has 1 aliphatic carbocycles. The summed E-state index contributed by atoms with van der Waals surface area (Å²) in [5, 5.41) is 7.17. The highest BCUT2D eigenvalue weighted by molar-refractivity contribution is 6.39. The minimum absolute atomic E-state index is 0.134. The summed E-state index contributed by atoms with van der Waals surface area (Å²) in [6.07, 6.45) is 0.657. The van der Waals surface area contributed by atoms with E-state index in [1.54, 1.807) is 25.3 Å². The van der Waals surface area contributed by atoms with Gasteiger partial charge in [-0.15, -0.1) is 0 Å². The van der Waals surface area contributed by atoms with Crippen molar-refractivity contribution in [3.63, 3.8) is 0 Å². The number of halogens is 4. The molecule has 0 spiro atoms. The fourth-order valence-electron chi connectivity index (χ4n) is 6.78. The summed E-state index contributed by atoms with van der Waals surface area (Å²) in [5.74, 6) is -0.525. The number of rotatable bonds is 8. The summed E-state index contributed by atoms with van der Waals surface area (Å²) in [6.45, 7) is 1.51. The normalized spacial score (nSPS) is 16.3. The fourth-order valence-corrected chi connectivity index (χ4v) is 7.38. The van der Waals surface area contributed by atoms with Gasteiger partial charge in [-0.25, -0.2) is 28.5 Å². The van der Waals surface area contributed by atoms with Crippen molar-refractivity contribution in [1.29, 1.82) is 0 Å². The van der Waals surface area contributed by atoms with Gasteiger partial charge in [-0.1, -0.05) is 53.5 Å². The molecule has 1 saturated heterocycles. The molecule has 1 atom stereocenters. The second-order valence-corrected chi connectivity index (χ2v) is 13.1. The minimum Gasteiger partial charge on any atom is -0.481 e. The van der Waals surface area contributed by atoms with E-state index in [-0.39, 0.29) is 33.6 Å². The zero-order valence-corrected chi connectivity index (χ0v) is 28.9. The third-order valence-electron chi connectivity index (χ3n) is 9.34. The number of benzene rings is 2. The SMILES string of the molecule is COc1nc(-c2cccc(-c3cccc(Nc4nc(C(F)F)nc5c4c(=O)n(C)c(=O)n5C)c3Cl)c2Cl)cc2c1C(NC1CCOCC1)CC2. The number of fused-ring (bicyclic) bond motifs is 2. The Balaban J connectivity index is 1.26. The molecule has 4 heterocycles. The van der Waals surface area contributed by atoms with Gasteiger partial charge in [-0.3, -0.25) is 13.9 Å². The first kappa shape index (κ1) is 34.0. The number of nitrogens with zero attached hydrogens (tertiary/aromatic N) is 5. The van der Waals surface area contributed by atoms with Crippen LogP contribution in [0.2, 0.25) is 10.0 Å². The number of hydrogen-bond donors (Lipinski definition) is 2. The number of alkyl halides is 2. The second kappa shape index (κ2) is 13.7. The lowest BCUT2D eigenvalue weighted by molar-refractivity contribution is 0.0748. The molecule has 15 heteroatoms. The molecule has 260 valence electrons. The van der Waals surface area contributed by atoms with Crippen LogP contribution in [0.3, 0.4) is 0 Å². The number of ether oxygens (including phenoxy) is 2. The molecule has 0 radical (unpaired) electrons. The number of methoxy groups -OCH3 is 1. The summed E-state index contributed by atoms with van der Waals surface area (Å²) in [4.78, 5) is 38.4. The molecule has 3 aromatic heterocycles. The molecule has 0 saturated carbocycles. The van der Waals surface area contributed by atoms with Crippen molar-refractivity contribution in [3.8, 4) is 28.3 Å². The summed E-state index contributed by atoms with van der Waals surface area (Å²) in [5.41, 5.74) is 3.22. The molecular formula is C35H33Cl2F2N7O4. The van der Waals surface area contributed by atoms with Gasteiger partial charge in [-0.05, 0) is 43.4 Å². The van der Waals surface area contributed by atoms with E-state index in [2.05, 4.69) is 26.7 Å². The van der Waals surface area contributed by atoms with E-state index in [0.717, 1.165) is 59.2 Å². The van der Waals surface area contributed by atoms with Gasteiger partial charge in [0.15, 0.2) is 11.5 Å². The molecule has 7 rings (SSSR count). The predicted molar refractivity (Wildman–Crippen MR) is 188 cm³/mol. The molecule has 0 amide bonds. The van der Waals surface area contributed by atoms with Crippen LogP contribution < -0.4 is 26.6 Å². The van der Waals surface area contributed by atoms with E-state index >= 15 is 0 Å². The maximum absolute atomic E-state index is 13.9. The van der Waals surface area contributed by atoms with E-state index < -0.39 is 23.5 Å². The maximum atomic E-state index is 13.9. The first-order valence-electron chi connectivity index (χ1n) is 16.1. The predicted octanol–water partition coefficient (Wildman–Crippen LogP) is 6.51. The number of pyridine rings is 1. The van der Waals surface area contributed by atoms with Crippen LogP contribution >= 0.6 is 23.2 Å². The Labute approximate surface area is 295 Å². The Morgan fingerprint density at radius 3 is 2.36 bits per heavy atom. The van der Waals surface area contributed by atoms with Gasteiger partial charge in [0.1, 0.15) is 11.2 Å². The van der Waals surface area contributed by atoms with Crippen molar-refractivity contribution in [1.82, 2.24) is 29.4 Å². The Kier molecular flexibility index (Phi) is 9.33. The Hall–Kier alpha value is -4.43. The molecule has 11 nitrogen and oxygen atoms in total. The van der Waals surface area contributed by atoms with Crippen LogP contribution in [-0.2, 0) is 25.3 Å². The first-order valence-corrected chi connectivity index (χ1v) is 16.8. The smallest absolute Gasteiger partial charge is 0.332 e. The summed E-state index contributed by atoms with van der Waals surface area (Å²) in [7, 11) is 4.24. The monoisotopic (exact) mass is 723 g/mol. The van der Waals surface area contributed by atoms with Gasteiger partial charge in [0.25, 0.3) is 12.0 Å². The average Bonchev–Trinajstić information content (AvgIpc) is 3.53. The molecule has 2 aliphatic rings. The van der Waals surface area contributed by atoms with Crippen LogP contribution in [-0.4, -0.2) is 50.5 Å². The van der Waals surface area contributed by atoms with Crippen molar-refractivity contribution >= 4 is 45.7 Å². The van der Waals surface area contributed by atoms with Gasteiger partial charge < -0.3 is 20.1 Å². The molecule has 1 fully saturated rings. The minimum atomic E-state index is -3.07. The first-order chi connectivity index (χ1) is 24.1. The van der Waals surface area contributed by atoms with Gasteiger partial charge >= 0.3 is 5.69 Å². The summed E-state index contributed by atoms with van der Waals surface area (Å²) >= 11 is 14.1. The highest BCUT2D eigenvalue weighted by atomic mass is 35.5. The molecule has 0 bridgehead atoms. The summed E-state index contributed by atoms with van der Waals surface area (Å²) < 4.78 is 40.9. The zero-order valence-electron chi connectivity index (χ0n) is 27.4. The number of hydrogen-bond acceptors (Lipinski definition) is 9. The third-order valence-corrected chi connectivity index (χ3v) is 10.2. The Morgan fingerprint density at radius 2 is 1.64 bits per heavy atom. The van der Waals surface area contributed by atoms with E-state index in [1.807, 2.05) is 18.2 Å². The fraction of sp³-hybridized carbons (Fsp3) is 0.343. The number of anilines is 2. The summed E-state index contributed by atoms with van der Waals surface area (Å²) in [6, 6.07) is 13.2. The molecule has 5 aromatic rings. The second-order valence-electron chi connectivity index (χ2n) is 12.3. The van der Waals surface area contributed by atoms with E-state index in [0.29, 0.717) is 39.3 Å². The van der Waals surface area contributed by atoms with Crippen LogP contribution in [0.5, 0.6) is 5.88 Å². The van der Waals surface area contributed by atoms with Crippen LogP contribution in [0.15, 0.2) is 52.1 Å². The average molecular weight is 725 g/mol. The van der Waals surface area contributed by atoms with Crippen molar-refractivity contribution in [3.05, 3.63) is 90.3 Å². The lowest BCUT2D eigenvalue weighted by Crippen LogP contribution is -2.38. The van der Waals surface area contributed by atoms with E-state index in [9.17, 15) is 18.4 Å². The van der Waals surface area contributed by atoms with Crippen LogP contribution in [0.4, 0.5) is 20.3 Å². The Morgan fingerprint density at radius 1 is 0.940 bits per heavy atom. The van der Waals surface area contributed by atoms with Gasteiger partial charge in [0.05, 0.1) is 28.5 Å². The largest absolute Gasteiger partial charge is 0.481 e. The third kappa shape index (κ3) is 6.02. The van der Waals surface area contributed by atoms with E-state index in [4.69, 9.17) is 37.7 Å². The van der Waals surface area contributed by atoms with Crippen molar-refractivity contribution in [2.75, 3.05) is 25.6 Å². The molecule has 1 aliphatic heterocycles. The topological polar surface area (TPSA) is 125 Å². The van der Waals surface area contributed by atoms with Gasteiger partial charge in [0.2, 0.25) is 5.88 Å². The molecular weight excluding hydrogens is 691 g/mol. The maximum Gasteiger partial charge on any atom is 0.332 e. The quantitative estimate of drug-likeness (QED) is 0.184. The van der Waals surface area contributed by atoms with E-state index in [1.165, 1.54) is 14.1 Å². The lowest BCUT2D eigenvalue weighted by atomic mass is 9.99. The van der Waals surface area contributed by atoms with Crippen LogP contribution in [0.25, 0.3) is 33.4 Å². The molecule has 50 heavy (non-hydrogen) atoms. The van der Waals surface area contributed by atoms with Gasteiger partial charge in [0, 0.05) is 61.6 Å². The highest BCUT2D eigenvalue weighted by Crippen LogP contribution is 2.44. The number of aryl methyl sites for hydroxylation is 2. The van der Waals surface area contributed by atoms with Crippen LogP contribution in [0.1, 0.15) is 48.7 Å². The van der Waals surface area contributed by atoms with Gasteiger partial charge in [-0.2, -0.15) is 0 Å². The van der Waals surface area contributed by atoms with Crippen LogP contribution in [0, 0.1) is 0 Å². The molecule has 2 N–H and O–H groups in total.